The summed E-state index contributed by atoms with van der Waals surface area (Å²) >= 11 is 0. The number of hydrogen-bond acceptors (Lipinski definition) is 2. The van der Waals surface area contributed by atoms with Gasteiger partial charge in [0, 0.05) is 5.92 Å². The van der Waals surface area contributed by atoms with Crippen molar-refractivity contribution in [3.05, 3.63) is 71.8 Å². The Morgan fingerprint density at radius 1 is 0.950 bits per heavy atom. The number of hydrogen-bond donors (Lipinski definition) is 0. The molecule has 0 N–H and O–H groups in total. The number of cyclic esters (lactones) is 1. The molecular weight excluding hydrogens is 248 g/mol. The third-order valence-electron chi connectivity index (χ3n) is 3.93. The fourth-order valence-corrected chi connectivity index (χ4v) is 2.83. The smallest absolute Gasteiger partial charge is 0.309 e. The van der Waals surface area contributed by atoms with Crippen LogP contribution >= 0.6 is 0 Å². The van der Waals surface area contributed by atoms with Crippen molar-refractivity contribution in [2.45, 2.75) is 18.8 Å². The average molecular weight is 266 g/mol. The van der Waals surface area contributed by atoms with E-state index in [0.29, 0.717) is 12.5 Å². The predicted octanol–water partition coefficient (Wildman–Crippen LogP) is 3.58. The van der Waals surface area contributed by atoms with Crippen LogP contribution in [0.15, 0.2) is 60.7 Å². The van der Waals surface area contributed by atoms with Crippen LogP contribution in [0.2, 0.25) is 0 Å². The Morgan fingerprint density at radius 3 is 2.30 bits per heavy atom. The van der Waals surface area contributed by atoms with Gasteiger partial charge in [-0.1, -0.05) is 60.7 Å². The van der Waals surface area contributed by atoms with Crippen LogP contribution in [0.25, 0.3) is 0 Å². The lowest BCUT2D eigenvalue weighted by atomic mass is 9.84. The zero-order chi connectivity index (χ0) is 13.8. The molecule has 1 aliphatic heterocycles. The van der Waals surface area contributed by atoms with Gasteiger partial charge in [-0.25, -0.2) is 0 Å². The lowest BCUT2D eigenvalue weighted by Gasteiger charge is -2.28. The summed E-state index contributed by atoms with van der Waals surface area (Å²) in [6, 6.07) is 20.5. The van der Waals surface area contributed by atoms with Gasteiger partial charge in [0.1, 0.15) is 0 Å². The molecule has 2 heteroatoms. The maximum absolute atomic E-state index is 12.0. The Bertz CT molecular complexity index is 562. The topological polar surface area (TPSA) is 26.3 Å². The van der Waals surface area contributed by atoms with E-state index in [1.165, 1.54) is 11.1 Å². The summed E-state index contributed by atoms with van der Waals surface area (Å²) < 4.78 is 5.39. The van der Waals surface area contributed by atoms with Gasteiger partial charge in [-0.3, -0.25) is 4.79 Å². The summed E-state index contributed by atoms with van der Waals surface area (Å²) in [6.45, 7) is 0.508. The summed E-state index contributed by atoms with van der Waals surface area (Å²) in [5.41, 5.74) is 2.46. The van der Waals surface area contributed by atoms with Crippen LogP contribution in [-0.2, 0) is 16.0 Å². The fraction of sp³-hybridized carbons (Fsp3) is 0.278. The molecule has 1 heterocycles. The highest BCUT2D eigenvalue weighted by atomic mass is 16.5. The first kappa shape index (κ1) is 12.9. The van der Waals surface area contributed by atoms with Crippen LogP contribution in [0.1, 0.15) is 23.5 Å². The fourth-order valence-electron chi connectivity index (χ4n) is 2.83. The molecule has 2 nitrogen and oxygen atoms in total. The molecule has 3 rings (SSSR count). The number of rotatable bonds is 3. The van der Waals surface area contributed by atoms with Crippen LogP contribution in [0.3, 0.4) is 0 Å². The van der Waals surface area contributed by atoms with Crippen molar-refractivity contribution in [3.63, 3.8) is 0 Å². The maximum atomic E-state index is 12.0. The van der Waals surface area contributed by atoms with Gasteiger partial charge >= 0.3 is 5.97 Å². The molecule has 2 aromatic rings. The average Bonchev–Trinajstić information content (AvgIpc) is 2.51. The molecule has 20 heavy (non-hydrogen) atoms. The number of carbonyl (C=O) groups excluding carboxylic acids is 1. The van der Waals surface area contributed by atoms with E-state index >= 15 is 0 Å². The zero-order valence-corrected chi connectivity index (χ0v) is 11.4. The predicted molar refractivity (Wildman–Crippen MR) is 78.4 cm³/mol. The second-order valence-electron chi connectivity index (χ2n) is 5.36. The molecule has 1 saturated heterocycles. The van der Waals surface area contributed by atoms with E-state index in [1.54, 1.807) is 0 Å². The standard InChI is InChI=1S/C18H18O2/c19-18-16(11-14-7-3-1-4-8-14)12-17(13-20-18)15-9-5-2-6-10-15/h1-10,16-17H,11-13H2/t16-,17-/m1/s1. The molecule has 0 spiro atoms. The van der Waals surface area contributed by atoms with E-state index in [0.717, 1.165) is 12.8 Å². The van der Waals surface area contributed by atoms with Gasteiger partial charge in [0.05, 0.1) is 12.5 Å². The number of benzene rings is 2. The molecule has 0 unspecified atom stereocenters. The second kappa shape index (κ2) is 5.91. The molecule has 0 aliphatic carbocycles. The highest BCUT2D eigenvalue weighted by Gasteiger charge is 2.31. The third kappa shape index (κ3) is 2.90. The normalized spacial score (nSPS) is 22.3. The lowest BCUT2D eigenvalue weighted by molar-refractivity contribution is -0.154. The minimum Gasteiger partial charge on any atom is -0.465 e. The number of esters is 1. The zero-order valence-electron chi connectivity index (χ0n) is 11.4. The minimum atomic E-state index is -0.0546. The summed E-state index contributed by atoms with van der Waals surface area (Å²) in [7, 11) is 0. The summed E-state index contributed by atoms with van der Waals surface area (Å²) in [6.07, 6.45) is 1.64. The summed E-state index contributed by atoms with van der Waals surface area (Å²) in [5.74, 6) is 0.236. The summed E-state index contributed by atoms with van der Waals surface area (Å²) in [5, 5.41) is 0. The van der Waals surface area contributed by atoms with E-state index < -0.39 is 0 Å². The van der Waals surface area contributed by atoms with Crippen LogP contribution in [-0.4, -0.2) is 12.6 Å². The van der Waals surface area contributed by atoms with Gasteiger partial charge in [-0.15, -0.1) is 0 Å². The van der Waals surface area contributed by atoms with Gasteiger partial charge in [-0.05, 0) is 24.0 Å². The van der Waals surface area contributed by atoms with Crippen molar-refractivity contribution < 1.29 is 9.53 Å². The molecule has 2 atom stereocenters. The van der Waals surface area contributed by atoms with Crippen molar-refractivity contribution in [2.24, 2.45) is 5.92 Å². The molecular formula is C18H18O2. The monoisotopic (exact) mass is 266 g/mol. The second-order valence-corrected chi connectivity index (χ2v) is 5.36. The number of ether oxygens (including phenoxy) is 1. The quantitative estimate of drug-likeness (QED) is 0.794. The van der Waals surface area contributed by atoms with Gasteiger partial charge in [0.2, 0.25) is 0 Å². The molecule has 0 radical (unpaired) electrons. The van der Waals surface area contributed by atoms with E-state index in [9.17, 15) is 4.79 Å². The van der Waals surface area contributed by atoms with Crippen molar-refractivity contribution in [1.82, 2.24) is 0 Å². The van der Waals surface area contributed by atoms with E-state index in [-0.39, 0.29) is 11.9 Å². The molecule has 0 aromatic heterocycles. The molecule has 0 saturated carbocycles. The Balaban J connectivity index is 1.72. The highest BCUT2D eigenvalue weighted by Crippen LogP contribution is 2.31. The van der Waals surface area contributed by atoms with Crippen molar-refractivity contribution >= 4 is 5.97 Å². The molecule has 0 amide bonds. The van der Waals surface area contributed by atoms with Gasteiger partial charge in [0.15, 0.2) is 0 Å². The first-order valence-electron chi connectivity index (χ1n) is 7.08. The SMILES string of the molecule is O=C1OC[C@H](c2ccccc2)C[C@H]1Cc1ccccc1. The minimum absolute atomic E-state index is 0.0312. The lowest BCUT2D eigenvalue weighted by Crippen LogP contribution is -2.30. The van der Waals surface area contributed by atoms with Crippen molar-refractivity contribution in [3.8, 4) is 0 Å². The van der Waals surface area contributed by atoms with E-state index in [1.807, 2.05) is 36.4 Å². The Labute approximate surface area is 119 Å². The summed E-state index contributed by atoms with van der Waals surface area (Å²) in [4.78, 5) is 12.0. The largest absolute Gasteiger partial charge is 0.465 e. The molecule has 1 aliphatic rings. The van der Waals surface area contributed by atoms with Gasteiger partial charge in [-0.2, -0.15) is 0 Å². The Kier molecular flexibility index (Phi) is 3.82. The third-order valence-corrected chi connectivity index (χ3v) is 3.93. The molecule has 2 aromatic carbocycles. The highest BCUT2D eigenvalue weighted by molar-refractivity contribution is 5.73. The Morgan fingerprint density at radius 2 is 1.60 bits per heavy atom. The van der Waals surface area contributed by atoms with Crippen LogP contribution < -0.4 is 0 Å². The van der Waals surface area contributed by atoms with E-state index in [4.69, 9.17) is 4.74 Å². The van der Waals surface area contributed by atoms with Crippen molar-refractivity contribution in [1.29, 1.82) is 0 Å². The molecule has 1 fully saturated rings. The first-order valence-corrected chi connectivity index (χ1v) is 7.08. The van der Waals surface area contributed by atoms with E-state index in [2.05, 4.69) is 24.3 Å². The first-order chi connectivity index (χ1) is 9.83. The molecule has 0 bridgehead atoms. The van der Waals surface area contributed by atoms with Crippen LogP contribution in [0, 0.1) is 5.92 Å². The van der Waals surface area contributed by atoms with Crippen LogP contribution in [0.4, 0.5) is 0 Å². The van der Waals surface area contributed by atoms with Gasteiger partial charge < -0.3 is 4.74 Å². The van der Waals surface area contributed by atoms with Gasteiger partial charge in [0.25, 0.3) is 0 Å². The van der Waals surface area contributed by atoms with Crippen LogP contribution in [0.5, 0.6) is 0 Å². The molecule has 102 valence electrons. The Hall–Kier alpha value is -2.09. The van der Waals surface area contributed by atoms with Crippen molar-refractivity contribution in [2.75, 3.05) is 6.61 Å². The number of carbonyl (C=O) groups is 1. The maximum Gasteiger partial charge on any atom is 0.309 e.